The highest BCUT2D eigenvalue weighted by atomic mass is 35.5. The molecule has 1 unspecified atom stereocenters. The van der Waals surface area contributed by atoms with E-state index in [1.165, 1.54) is 23.1 Å². The van der Waals surface area contributed by atoms with Crippen molar-refractivity contribution in [3.63, 3.8) is 0 Å². The third-order valence-electron chi connectivity index (χ3n) is 6.23. The zero-order chi connectivity index (χ0) is 29.7. The fourth-order valence-corrected chi connectivity index (χ4v) is 5.57. The molecule has 0 aliphatic rings. The van der Waals surface area contributed by atoms with Crippen LogP contribution in [0.2, 0.25) is 5.02 Å². The Morgan fingerprint density at radius 1 is 1.00 bits per heavy atom. The summed E-state index contributed by atoms with van der Waals surface area (Å²) < 4.78 is 33.9. The van der Waals surface area contributed by atoms with Gasteiger partial charge in [-0.05, 0) is 82.1 Å². The number of amides is 2. The van der Waals surface area contributed by atoms with Crippen LogP contribution in [0.1, 0.15) is 38.8 Å². The van der Waals surface area contributed by atoms with Crippen molar-refractivity contribution in [2.45, 2.75) is 57.6 Å². The van der Waals surface area contributed by atoms with E-state index in [2.05, 4.69) is 5.32 Å². The number of sulfonamides is 1. The van der Waals surface area contributed by atoms with E-state index in [0.717, 1.165) is 15.4 Å². The van der Waals surface area contributed by atoms with Gasteiger partial charge in [-0.3, -0.25) is 13.9 Å². The van der Waals surface area contributed by atoms with Crippen molar-refractivity contribution in [1.82, 2.24) is 10.2 Å². The molecule has 0 aliphatic heterocycles. The van der Waals surface area contributed by atoms with Crippen LogP contribution in [0.15, 0.2) is 77.7 Å². The van der Waals surface area contributed by atoms with Crippen LogP contribution in [-0.2, 0) is 26.2 Å². The van der Waals surface area contributed by atoms with Gasteiger partial charge in [-0.25, -0.2) is 8.42 Å². The highest BCUT2D eigenvalue weighted by Gasteiger charge is 2.33. The number of hydrogen-bond donors (Lipinski definition) is 1. The zero-order valence-electron chi connectivity index (χ0n) is 23.6. The smallest absolute Gasteiger partial charge is 0.264 e. The minimum atomic E-state index is -4.16. The van der Waals surface area contributed by atoms with E-state index in [-0.39, 0.29) is 23.0 Å². The number of nitrogens with zero attached hydrogens (tertiary/aromatic N) is 2. The van der Waals surface area contributed by atoms with Gasteiger partial charge in [0.1, 0.15) is 18.3 Å². The van der Waals surface area contributed by atoms with Crippen LogP contribution in [0.5, 0.6) is 5.75 Å². The van der Waals surface area contributed by atoms with Gasteiger partial charge < -0.3 is 15.0 Å². The zero-order valence-corrected chi connectivity index (χ0v) is 25.2. The number of anilines is 1. The molecule has 3 aromatic carbocycles. The molecule has 3 aromatic rings. The van der Waals surface area contributed by atoms with Crippen molar-refractivity contribution in [1.29, 1.82) is 0 Å². The number of benzene rings is 3. The van der Waals surface area contributed by atoms with Gasteiger partial charge >= 0.3 is 0 Å². The SMILES string of the molecule is COc1ccc(CN(C(=O)CN(c2ccc(C)c(Cl)c2)S(=O)(=O)c2ccccc2)C(C)C(=O)NC(C)(C)C)cc1. The molecule has 1 N–H and O–H groups in total. The molecule has 0 spiro atoms. The van der Waals surface area contributed by atoms with Crippen LogP contribution in [0.25, 0.3) is 0 Å². The second kappa shape index (κ2) is 12.7. The van der Waals surface area contributed by atoms with Gasteiger partial charge in [-0.1, -0.05) is 48.0 Å². The topological polar surface area (TPSA) is 96.0 Å². The molecule has 0 saturated heterocycles. The lowest BCUT2D eigenvalue weighted by Crippen LogP contribution is -2.54. The second-order valence-electron chi connectivity index (χ2n) is 10.5. The highest BCUT2D eigenvalue weighted by Crippen LogP contribution is 2.28. The average molecular weight is 586 g/mol. The lowest BCUT2D eigenvalue weighted by Gasteiger charge is -2.33. The van der Waals surface area contributed by atoms with E-state index in [9.17, 15) is 18.0 Å². The number of methoxy groups -OCH3 is 1. The van der Waals surface area contributed by atoms with E-state index in [0.29, 0.717) is 10.8 Å². The molecular weight excluding hydrogens is 550 g/mol. The molecule has 2 amide bonds. The van der Waals surface area contributed by atoms with Gasteiger partial charge in [0.05, 0.1) is 17.7 Å². The van der Waals surface area contributed by atoms with Crippen LogP contribution < -0.4 is 14.4 Å². The number of aryl methyl sites for hydroxylation is 1. The molecule has 0 saturated carbocycles. The van der Waals surface area contributed by atoms with Crippen molar-refractivity contribution in [2.75, 3.05) is 18.0 Å². The van der Waals surface area contributed by atoms with Gasteiger partial charge in [-0.2, -0.15) is 0 Å². The van der Waals surface area contributed by atoms with E-state index >= 15 is 0 Å². The van der Waals surface area contributed by atoms with Gasteiger partial charge in [0.25, 0.3) is 10.0 Å². The minimum Gasteiger partial charge on any atom is -0.497 e. The monoisotopic (exact) mass is 585 g/mol. The summed E-state index contributed by atoms with van der Waals surface area (Å²) in [6, 6.07) is 18.9. The largest absolute Gasteiger partial charge is 0.497 e. The first-order valence-corrected chi connectivity index (χ1v) is 14.6. The average Bonchev–Trinajstić information content (AvgIpc) is 2.91. The first kappa shape index (κ1) is 31.0. The molecule has 214 valence electrons. The fourth-order valence-electron chi connectivity index (χ4n) is 3.97. The van der Waals surface area contributed by atoms with E-state index < -0.39 is 34.1 Å². The van der Waals surface area contributed by atoms with Crippen molar-refractivity contribution in [2.24, 2.45) is 0 Å². The van der Waals surface area contributed by atoms with E-state index in [4.69, 9.17) is 16.3 Å². The Labute approximate surface area is 241 Å². The molecule has 0 bridgehead atoms. The Morgan fingerprint density at radius 3 is 2.17 bits per heavy atom. The Kier molecular flexibility index (Phi) is 9.87. The molecule has 3 rings (SSSR count). The van der Waals surface area contributed by atoms with Crippen molar-refractivity contribution >= 4 is 39.1 Å². The number of rotatable bonds is 10. The number of hydrogen-bond acceptors (Lipinski definition) is 5. The van der Waals surface area contributed by atoms with Crippen molar-refractivity contribution in [3.8, 4) is 5.75 Å². The molecule has 0 fully saturated rings. The lowest BCUT2D eigenvalue weighted by molar-refractivity contribution is -0.140. The quantitative estimate of drug-likeness (QED) is 0.353. The maximum Gasteiger partial charge on any atom is 0.264 e. The van der Waals surface area contributed by atoms with Crippen molar-refractivity contribution in [3.05, 3.63) is 88.9 Å². The van der Waals surface area contributed by atoms with Crippen LogP contribution in [-0.4, -0.2) is 50.4 Å². The summed E-state index contributed by atoms with van der Waals surface area (Å²) in [4.78, 5) is 28.6. The van der Waals surface area contributed by atoms with Gasteiger partial charge in [0.2, 0.25) is 11.8 Å². The Balaban J connectivity index is 2.04. The Hall–Kier alpha value is -3.56. The van der Waals surface area contributed by atoms with E-state index in [1.54, 1.807) is 75.6 Å². The van der Waals surface area contributed by atoms with Gasteiger partial charge in [0, 0.05) is 17.1 Å². The summed E-state index contributed by atoms with van der Waals surface area (Å²) in [5.74, 6) is -0.259. The molecule has 40 heavy (non-hydrogen) atoms. The van der Waals surface area contributed by atoms with Crippen LogP contribution in [0, 0.1) is 6.92 Å². The minimum absolute atomic E-state index is 0.0275. The molecule has 1 atom stereocenters. The maximum atomic E-state index is 14.0. The van der Waals surface area contributed by atoms with Crippen LogP contribution >= 0.6 is 11.6 Å². The molecular formula is C30H36ClN3O5S. The molecule has 0 aromatic heterocycles. The molecule has 0 heterocycles. The summed E-state index contributed by atoms with van der Waals surface area (Å²) in [5.41, 5.74) is 1.23. The number of carbonyl (C=O) groups excluding carboxylic acids is 2. The number of ether oxygens (including phenoxy) is 1. The van der Waals surface area contributed by atoms with Gasteiger partial charge in [0.15, 0.2) is 0 Å². The number of nitrogens with one attached hydrogen (secondary N) is 1. The van der Waals surface area contributed by atoms with Crippen LogP contribution in [0.3, 0.4) is 0 Å². The lowest BCUT2D eigenvalue weighted by atomic mass is 10.1. The fraction of sp³-hybridized carbons (Fsp3) is 0.333. The summed E-state index contributed by atoms with van der Waals surface area (Å²) >= 11 is 6.36. The normalized spacial score (nSPS) is 12.4. The molecule has 0 radical (unpaired) electrons. The predicted octanol–water partition coefficient (Wildman–Crippen LogP) is 5.18. The third kappa shape index (κ3) is 7.76. The summed E-state index contributed by atoms with van der Waals surface area (Å²) in [7, 11) is -2.60. The van der Waals surface area contributed by atoms with Crippen LogP contribution in [0.4, 0.5) is 5.69 Å². The molecule has 0 aliphatic carbocycles. The molecule has 10 heteroatoms. The summed E-state index contributed by atoms with van der Waals surface area (Å²) in [6.07, 6.45) is 0. The van der Waals surface area contributed by atoms with Crippen molar-refractivity contribution < 1.29 is 22.7 Å². The first-order chi connectivity index (χ1) is 18.7. The summed E-state index contributed by atoms with van der Waals surface area (Å²) in [5, 5.41) is 3.28. The molecule has 8 nitrogen and oxygen atoms in total. The predicted molar refractivity (Wildman–Crippen MR) is 158 cm³/mol. The number of carbonyl (C=O) groups is 2. The first-order valence-electron chi connectivity index (χ1n) is 12.8. The second-order valence-corrected chi connectivity index (χ2v) is 12.8. The Bertz CT molecular complexity index is 1440. The number of halogens is 1. The van der Waals surface area contributed by atoms with E-state index in [1.807, 2.05) is 20.8 Å². The maximum absolute atomic E-state index is 14.0. The standard InChI is InChI=1S/C30H36ClN3O5S/c1-21-12-15-24(18-27(21)31)34(40(37,38)26-10-8-7-9-11-26)20-28(35)33(22(2)29(36)32-30(3,4)5)19-23-13-16-25(39-6)17-14-23/h7-18,22H,19-20H2,1-6H3,(H,32,36). The third-order valence-corrected chi connectivity index (χ3v) is 8.43. The highest BCUT2D eigenvalue weighted by molar-refractivity contribution is 7.92. The Morgan fingerprint density at radius 2 is 1.62 bits per heavy atom. The summed E-state index contributed by atoms with van der Waals surface area (Å²) in [6.45, 7) is 8.52. The van der Waals surface area contributed by atoms with Gasteiger partial charge in [-0.15, -0.1) is 0 Å².